The van der Waals surface area contributed by atoms with Crippen molar-refractivity contribution in [3.8, 4) is 5.75 Å². The Labute approximate surface area is 319 Å². The summed E-state index contributed by atoms with van der Waals surface area (Å²) < 4.78 is 25.0. The first-order chi connectivity index (χ1) is 26.5. The number of cyclic esters (lactones) is 2. The average Bonchev–Trinajstić information content (AvgIpc) is 4.02. The van der Waals surface area contributed by atoms with Gasteiger partial charge in [-0.05, 0) is 65.4 Å². The zero-order valence-electron chi connectivity index (χ0n) is 31.5. The molecular formula is C41H46N6O8. The van der Waals surface area contributed by atoms with Gasteiger partial charge in [-0.25, -0.2) is 9.59 Å². The molecule has 5 heterocycles. The molecule has 4 aromatic rings. The van der Waals surface area contributed by atoms with Gasteiger partial charge >= 0.3 is 12.2 Å². The molecule has 4 atom stereocenters. The number of aliphatic hydroxyl groups is 1. The summed E-state index contributed by atoms with van der Waals surface area (Å²) >= 11 is 0. The lowest BCUT2D eigenvalue weighted by molar-refractivity contribution is -0.146. The van der Waals surface area contributed by atoms with Crippen molar-refractivity contribution in [3.05, 3.63) is 95.3 Å². The maximum atomic E-state index is 15.4. The number of nitrogens with zero attached hydrogens (tertiary/aromatic N) is 6. The fourth-order valence-corrected chi connectivity index (χ4v) is 9.05. The fourth-order valence-electron chi connectivity index (χ4n) is 9.05. The van der Waals surface area contributed by atoms with Gasteiger partial charge in [0.2, 0.25) is 0 Å². The van der Waals surface area contributed by atoms with E-state index in [9.17, 15) is 14.7 Å². The number of hydrogen-bond donors (Lipinski definition) is 1. The Hall–Kier alpha value is -5.47. The summed E-state index contributed by atoms with van der Waals surface area (Å²) in [5.41, 5.74) is 3.61. The van der Waals surface area contributed by atoms with E-state index in [1.807, 2.05) is 60.8 Å². The number of anilines is 3. The zero-order chi connectivity index (χ0) is 38.5. The molecule has 0 saturated carbocycles. The quantitative estimate of drug-likeness (QED) is 0.205. The molecule has 14 heteroatoms. The number of amides is 3. The number of carbonyl (C=O) groups is 3. The summed E-state index contributed by atoms with van der Waals surface area (Å²) in [6, 6.07) is 21.3. The average molecular weight is 751 g/mol. The second kappa shape index (κ2) is 14.3. The van der Waals surface area contributed by atoms with Crippen molar-refractivity contribution in [3.63, 3.8) is 0 Å². The summed E-state index contributed by atoms with van der Waals surface area (Å²) in [6.07, 6.45) is 1.59. The van der Waals surface area contributed by atoms with Crippen LogP contribution in [-0.4, -0.2) is 84.3 Å². The Balaban J connectivity index is 1.19. The van der Waals surface area contributed by atoms with Gasteiger partial charge in [-0.1, -0.05) is 50.3 Å². The molecule has 0 bridgehead atoms. The molecule has 1 N–H and O–H groups in total. The Kier molecular flexibility index (Phi) is 9.50. The topological polar surface area (TPSA) is 149 Å². The third-order valence-electron chi connectivity index (χ3n) is 11.8. The van der Waals surface area contributed by atoms with Gasteiger partial charge in [0.25, 0.3) is 5.91 Å². The third-order valence-corrected chi connectivity index (χ3v) is 11.8. The number of hydrogen-bond acceptors (Lipinski definition) is 10. The predicted molar refractivity (Wildman–Crippen MR) is 202 cm³/mol. The highest BCUT2D eigenvalue weighted by molar-refractivity contribution is 6.08. The van der Waals surface area contributed by atoms with Gasteiger partial charge in [-0.15, -0.1) is 5.10 Å². The Bertz CT molecular complexity index is 2080. The number of benzene rings is 3. The summed E-state index contributed by atoms with van der Waals surface area (Å²) in [5, 5.41) is 18.0. The third kappa shape index (κ3) is 6.26. The molecule has 0 radical (unpaired) electrons. The molecule has 0 aliphatic carbocycles. The van der Waals surface area contributed by atoms with Gasteiger partial charge in [0.05, 0.1) is 44.2 Å². The first-order valence-electron chi connectivity index (χ1n) is 18.8. The molecule has 3 fully saturated rings. The van der Waals surface area contributed by atoms with Crippen molar-refractivity contribution in [2.45, 2.75) is 63.8 Å². The molecule has 55 heavy (non-hydrogen) atoms. The van der Waals surface area contributed by atoms with E-state index in [1.165, 1.54) is 0 Å². The number of carbonyl (C=O) groups excluding carboxylic acids is 3. The number of fused-ring (bicyclic) bond motifs is 2. The monoisotopic (exact) mass is 750 g/mol. The number of aryl methyl sites for hydroxylation is 1. The number of methoxy groups -OCH3 is 1. The second-order valence-electron chi connectivity index (χ2n) is 15.2. The lowest BCUT2D eigenvalue weighted by Crippen LogP contribution is -2.45. The highest BCUT2D eigenvalue weighted by Gasteiger charge is 2.66. The molecule has 3 saturated heterocycles. The van der Waals surface area contributed by atoms with Crippen LogP contribution in [0.15, 0.2) is 72.9 Å². The molecule has 1 aromatic heterocycles. The minimum atomic E-state index is -1.38. The van der Waals surface area contributed by atoms with Crippen LogP contribution >= 0.6 is 0 Å². The molecule has 3 amide bonds. The van der Waals surface area contributed by atoms with E-state index in [-0.39, 0.29) is 43.6 Å². The lowest BCUT2D eigenvalue weighted by atomic mass is 9.63. The molecule has 4 aliphatic rings. The van der Waals surface area contributed by atoms with Crippen molar-refractivity contribution in [1.82, 2.24) is 15.0 Å². The minimum Gasteiger partial charge on any atom is -0.497 e. The maximum absolute atomic E-state index is 15.4. The highest BCUT2D eigenvalue weighted by atomic mass is 16.6. The van der Waals surface area contributed by atoms with E-state index in [0.717, 1.165) is 22.6 Å². The Morgan fingerprint density at radius 2 is 1.60 bits per heavy atom. The van der Waals surface area contributed by atoms with E-state index in [0.29, 0.717) is 61.7 Å². The summed E-state index contributed by atoms with van der Waals surface area (Å²) in [6.45, 7) is 8.76. The van der Waals surface area contributed by atoms with Crippen LogP contribution in [0.2, 0.25) is 0 Å². The van der Waals surface area contributed by atoms with Crippen molar-refractivity contribution >= 4 is 35.2 Å². The van der Waals surface area contributed by atoms with Crippen LogP contribution in [0.4, 0.5) is 26.7 Å². The molecule has 4 aliphatic heterocycles. The molecule has 14 nitrogen and oxygen atoms in total. The van der Waals surface area contributed by atoms with Crippen molar-refractivity contribution in [2.24, 2.45) is 11.8 Å². The van der Waals surface area contributed by atoms with Crippen LogP contribution in [0.5, 0.6) is 5.75 Å². The highest BCUT2D eigenvalue weighted by Crippen LogP contribution is 2.60. The van der Waals surface area contributed by atoms with E-state index in [4.69, 9.17) is 18.9 Å². The summed E-state index contributed by atoms with van der Waals surface area (Å²) in [4.78, 5) is 45.3. The SMILES string of the molecule is COc1ccc(C(C)(C)[C@H]2[C@H](CCn3cc(CCO)nn3)O[C@@]3(C(=O)N(Cc4ccc(N5CCOC5=O)cc4)c4ccc(N5CCOC5=O)cc43)[C@@H]2C)cc1. The van der Waals surface area contributed by atoms with Crippen molar-refractivity contribution in [2.75, 3.05) is 54.7 Å². The fraction of sp³-hybridized carbons (Fsp3) is 0.439. The summed E-state index contributed by atoms with van der Waals surface area (Å²) in [7, 11) is 1.64. The van der Waals surface area contributed by atoms with E-state index in [1.54, 1.807) is 26.5 Å². The van der Waals surface area contributed by atoms with Crippen LogP contribution in [0, 0.1) is 11.8 Å². The minimum absolute atomic E-state index is 0.0189. The van der Waals surface area contributed by atoms with E-state index >= 15 is 4.79 Å². The van der Waals surface area contributed by atoms with Gasteiger partial charge in [-0.3, -0.25) is 19.3 Å². The second-order valence-corrected chi connectivity index (χ2v) is 15.2. The van der Waals surface area contributed by atoms with Crippen LogP contribution in [-0.2, 0) is 49.5 Å². The van der Waals surface area contributed by atoms with Crippen LogP contribution in [0.3, 0.4) is 0 Å². The smallest absolute Gasteiger partial charge is 0.414 e. The number of ether oxygens (including phenoxy) is 4. The van der Waals surface area contributed by atoms with Gasteiger partial charge in [0.15, 0.2) is 5.60 Å². The normalized spacial score (nSPS) is 23.5. The first kappa shape index (κ1) is 36.5. The molecule has 3 aromatic carbocycles. The Morgan fingerprint density at radius 3 is 2.24 bits per heavy atom. The van der Waals surface area contributed by atoms with Gasteiger partial charge < -0.3 is 29.0 Å². The van der Waals surface area contributed by atoms with Gasteiger partial charge in [0.1, 0.15) is 19.0 Å². The number of aliphatic hydroxyl groups excluding tert-OH is 1. The van der Waals surface area contributed by atoms with Gasteiger partial charge in [-0.2, -0.15) is 0 Å². The largest absolute Gasteiger partial charge is 0.497 e. The molecule has 8 rings (SSSR count). The molecular weight excluding hydrogens is 704 g/mol. The van der Waals surface area contributed by atoms with E-state index in [2.05, 4.69) is 43.2 Å². The van der Waals surface area contributed by atoms with Gasteiger partial charge in [0, 0.05) is 54.5 Å². The predicted octanol–water partition coefficient (Wildman–Crippen LogP) is 5.20. The maximum Gasteiger partial charge on any atom is 0.414 e. The standard InChI is InChI=1S/C41H46N6O8/c1-26-36(40(2,3)28-7-12-32(52-4)13-8-28)35(15-17-44-25-29(16-20-48)42-43-44)55-41(26)33-23-31(46-19-22-54-39(46)51)11-14-34(33)47(37(41)49)24-27-5-9-30(10-6-27)45-18-21-53-38(45)50/h5-14,23,25-26,35-36,48H,15-22,24H2,1-4H3/t26-,35+,36-,41+/m1/s1. The molecule has 0 unspecified atom stereocenters. The summed E-state index contributed by atoms with van der Waals surface area (Å²) in [5.74, 6) is 0.103. The first-order valence-corrected chi connectivity index (χ1v) is 18.8. The molecule has 288 valence electrons. The lowest BCUT2D eigenvalue weighted by Gasteiger charge is -2.38. The van der Waals surface area contributed by atoms with Crippen LogP contribution in [0.25, 0.3) is 0 Å². The number of aromatic nitrogens is 3. The van der Waals surface area contributed by atoms with Crippen molar-refractivity contribution < 1.29 is 38.4 Å². The van der Waals surface area contributed by atoms with E-state index < -0.39 is 23.2 Å². The number of rotatable bonds is 12. The van der Waals surface area contributed by atoms with Crippen molar-refractivity contribution in [1.29, 1.82) is 0 Å². The Morgan fingerprint density at radius 1 is 0.927 bits per heavy atom. The molecule has 1 spiro atoms. The van der Waals surface area contributed by atoms with Crippen LogP contribution < -0.4 is 19.4 Å². The van der Waals surface area contributed by atoms with Crippen LogP contribution in [0.1, 0.15) is 49.6 Å². The zero-order valence-corrected chi connectivity index (χ0v) is 31.5.